The molecule has 0 unspecified atom stereocenters. The molecular weight excluding hydrogens is 362 g/mol. The summed E-state index contributed by atoms with van der Waals surface area (Å²) in [7, 11) is 0. The third kappa shape index (κ3) is 6.07. The lowest BCUT2D eigenvalue weighted by Crippen LogP contribution is -2.46. The summed E-state index contributed by atoms with van der Waals surface area (Å²) in [5, 5.41) is 5.18. The largest absolute Gasteiger partial charge is 0.451 e. The van der Waals surface area contributed by atoms with Crippen molar-refractivity contribution in [1.29, 1.82) is 0 Å². The first kappa shape index (κ1) is 21.4. The summed E-state index contributed by atoms with van der Waals surface area (Å²) in [4.78, 5) is 49.4. The average molecular weight is 389 g/mol. The van der Waals surface area contributed by atoms with Crippen LogP contribution in [0.4, 0.5) is 5.69 Å². The highest BCUT2D eigenvalue weighted by Crippen LogP contribution is 2.21. The van der Waals surface area contributed by atoms with Gasteiger partial charge in [-0.25, -0.2) is 0 Å². The normalized spacial score (nSPS) is 15.1. The van der Waals surface area contributed by atoms with Gasteiger partial charge >= 0.3 is 5.97 Å². The topological polar surface area (TPSA) is 105 Å². The number of anilines is 1. The monoisotopic (exact) mass is 389 g/mol. The molecule has 8 heteroatoms. The van der Waals surface area contributed by atoms with Crippen molar-refractivity contribution in [2.45, 2.75) is 52.2 Å². The molecule has 8 nitrogen and oxygen atoms in total. The smallest absolute Gasteiger partial charge is 0.326 e. The van der Waals surface area contributed by atoms with Crippen LogP contribution in [0.15, 0.2) is 24.3 Å². The molecule has 0 radical (unpaired) electrons. The molecule has 0 saturated carbocycles. The predicted molar refractivity (Wildman–Crippen MR) is 104 cm³/mol. The highest BCUT2D eigenvalue weighted by Gasteiger charge is 2.23. The maximum Gasteiger partial charge on any atom is 0.326 e. The number of rotatable bonds is 6. The molecule has 0 aliphatic carbocycles. The van der Waals surface area contributed by atoms with Gasteiger partial charge in [0.2, 0.25) is 5.91 Å². The Morgan fingerprint density at radius 3 is 2.36 bits per heavy atom. The quantitative estimate of drug-likeness (QED) is 0.716. The number of hydrogen-bond donors (Lipinski definition) is 2. The van der Waals surface area contributed by atoms with Crippen LogP contribution in [0.25, 0.3) is 0 Å². The van der Waals surface area contributed by atoms with Crippen molar-refractivity contribution in [3.8, 4) is 0 Å². The van der Waals surface area contributed by atoms with Gasteiger partial charge in [-0.15, -0.1) is 0 Å². The van der Waals surface area contributed by atoms with Gasteiger partial charge in [-0.1, -0.05) is 0 Å². The summed E-state index contributed by atoms with van der Waals surface area (Å²) in [6.45, 7) is 7.27. The first-order chi connectivity index (χ1) is 13.1. The van der Waals surface area contributed by atoms with Crippen LogP contribution in [0.3, 0.4) is 0 Å². The van der Waals surface area contributed by atoms with Crippen molar-refractivity contribution < 1.29 is 23.9 Å². The molecular formula is C20H27N3O5. The number of hydrogen-bond acceptors (Lipinski definition) is 5. The number of nitrogens with one attached hydrogen (secondary N) is 2. The summed E-state index contributed by atoms with van der Waals surface area (Å²) in [6.07, 6.45) is 0.409. The predicted octanol–water partition coefficient (Wildman–Crippen LogP) is 1.39. The molecule has 1 fully saturated rings. The van der Waals surface area contributed by atoms with Crippen molar-refractivity contribution in [1.82, 2.24) is 10.6 Å². The molecule has 1 aromatic rings. The molecule has 1 aliphatic heterocycles. The van der Waals surface area contributed by atoms with E-state index in [0.29, 0.717) is 18.5 Å². The first-order valence-electron chi connectivity index (χ1n) is 9.27. The van der Waals surface area contributed by atoms with E-state index in [-0.39, 0.29) is 12.5 Å². The van der Waals surface area contributed by atoms with E-state index in [9.17, 15) is 19.2 Å². The highest BCUT2D eigenvalue weighted by atomic mass is 16.5. The van der Waals surface area contributed by atoms with E-state index in [1.54, 1.807) is 29.2 Å². The maximum atomic E-state index is 12.2. The molecule has 1 saturated heterocycles. The van der Waals surface area contributed by atoms with Gasteiger partial charge in [-0.05, 0) is 58.4 Å². The summed E-state index contributed by atoms with van der Waals surface area (Å²) < 4.78 is 5.03. The molecule has 1 heterocycles. The molecule has 1 atom stereocenters. The van der Waals surface area contributed by atoms with Crippen LogP contribution >= 0.6 is 0 Å². The van der Waals surface area contributed by atoms with Gasteiger partial charge in [0.25, 0.3) is 11.8 Å². The van der Waals surface area contributed by atoms with E-state index in [0.717, 1.165) is 12.1 Å². The number of benzene rings is 1. The van der Waals surface area contributed by atoms with Gasteiger partial charge < -0.3 is 20.3 Å². The van der Waals surface area contributed by atoms with E-state index in [1.165, 1.54) is 6.92 Å². The van der Waals surface area contributed by atoms with Crippen molar-refractivity contribution in [2.75, 3.05) is 18.0 Å². The zero-order valence-corrected chi connectivity index (χ0v) is 16.7. The summed E-state index contributed by atoms with van der Waals surface area (Å²) in [5.74, 6) is -1.48. The van der Waals surface area contributed by atoms with Gasteiger partial charge in [0, 0.05) is 29.8 Å². The van der Waals surface area contributed by atoms with Gasteiger partial charge in [0.15, 0.2) is 6.10 Å². The number of carbonyl (C=O) groups excluding carboxylic acids is 4. The Bertz CT molecular complexity index is 752. The number of carbonyl (C=O) groups is 4. The van der Waals surface area contributed by atoms with Crippen LogP contribution in [-0.2, 0) is 19.1 Å². The molecule has 28 heavy (non-hydrogen) atoms. The van der Waals surface area contributed by atoms with Crippen molar-refractivity contribution in [3.63, 3.8) is 0 Å². The fourth-order valence-corrected chi connectivity index (χ4v) is 2.73. The number of esters is 1. The fourth-order valence-electron chi connectivity index (χ4n) is 2.73. The summed E-state index contributed by atoms with van der Waals surface area (Å²) in [6, 6.07) is 6.60. The lowest BCUT2D eigenvalue weighted by molar-refractivity contribution is -0.154. The lowest BCUT2D eigenvalue weighted by Gasteiger charge is -2.23. The second-order valence-electron chi connectivity index (χ2n) is 7.75. The highest BCUT2D eigenvalue weighted by molar-refractivity contribution is 5.98. The SMILES string of the molecule is C[C@@H](OC(=O)CNC(=O)c1ccc(N2CCCC2=O)cc1)C(=O)NC(C)(C)C. The third-order valence-corrected chi connectivity index (χ3v) is 4.08. The van der Waals surface area contributed by atoms with Gasteiger partial charge in [-0.3, -0.25) is 19.2 Å². The number of amides is 3. The number of ether oxygens (including phenoxy) is 1. The van der Waals surface area contributed by atoms with Crippen LogP contribution in [0, 0.1) is 0 Å². The average Bonchev–Trinajstić information content (AvgIpc) is 3.04. The van der Waals surface area contributed by atoms with E-state index in [1.807, 2.05) is 20.8 Å². The Morgan fingerprint density at radius 1 is 1.18 bits per heavy atom. The van der Waals surface area contributed by atoms with Gasteiger partial charge in [0.1, 0.15) is 6.54 Å². The maximum absolute atomic E-state index is 12.2. The lowest BCUT2D eigenvalue weighted by atomic mass is 10.1. The molecule has 0 aromatic heterocycles. The minimum absolute atomic E-state index is 0.0737. The summed E-state index contributed by atoms with van der Waals surface area (Å²) >= 11 is 0. The summed E-state index contributed by atoms with van der Waals surface area (Å²) in [5.41, 5.74) is 0.677. The zero-order chi connectivity index (χ0) is 20.9. The first-order valence-corrected chi connectivity index (χ1v) is 9.27. The number of nitrogens with zero attached hydrogens (tertiary/aromatic N) is 1. The van der Waals surface area contributed by atoms with E-state index in [4.69, 9.17) is 4.74 Å². The van der Waals surface area contributed by atoms with E-state index < -0.39 is 29.4 Å². The molecule has 2 N–H and O–H groups in total. The Hall–Kier alpha value is -2.90. The van der Waals surface area contributed by atoms with Gasteiger partial charge in [-0.2, -0.15) is 0 Å². The van der Waals surface area contributed by atoms with E-state index in [2.05, 4.69) is 10.6 Å². The van der Waals surface area contributed by atoms with Crippen LogP contribution in [0.1, 0.15) is 50.9 Å². The minimum Gasteiger partial charge on any atom is -0.451 e. The molecule has 1 aliphatic rings. The minimum atomic E-state index is -0.957. The molecule has 2 rings (SSSR count). The molecule has 0 bridgehead atoms. The van der Waals surface area contributed by atoms with Crippen LogP contribution in [0.5, 0.6) is 0 Å². The van der Waals surface area contributed by atoms with Crippen LogP contribution < -0.4 is 15.5 Å². The Kier molecular flexibility index (Phi) is 6.77. The second-order valence-corrected chi connectivity index (χ2v) is 7.75. The van der Waals surface area contributed by atoms with Crippen LogP contribution in [-0.4, -0.2) is 48.4 Å². The van der Waals surface area contributed by atoms with Crippen LogP contribution in [0.2, 0.25) is 0 Å². The second kappa shape index (κ2) is 8.86. The Labute approximate surface area is 164 Å². The van der Waals surface area contributed by atoms with Gasteiger partial charge in [0.05, 0.1) is 0 Å². The Balaban J connectivity index is 1.82. The molecule has 1 aromatic carbocycles. The Morgan fingerprint density at radius 2 is 1.82 bits per heavy atom. The molecule has 152 valence electrons. The molecule has 0 spiro atoms. The van der Waals surface area contributed by atoms with Crippen molar-refractivity contribution in [2.24, 2.45) is 0 Å². The fraction of sp³-hybridized carbons (Fsp3) is 0.500. The van der Waals surface area contributed by atoms with Crippen molar-refractivity contribution >= 4 is 29.4 Å². The third-order valence-electron chi connectivity index (χ3n) is 4.08. The van der Waals surface area contributed by atoms with Crippen molar-refractivity contribution in [3.05, 3.63) is 29.8 Å². The standard InChI is InChI=1S/C20H27N3O5/c1-13(18(26)22-20(2,3)4)28-17(25)12-21-19(27)14-7-9-15(10-8-14)23-11-5-6-16(23)24/h7-10,13H,5-6,11-12H2,1-4H3,(H,21,27)(H,22,26)/t13-/m1/s1. The van der Waals surface area contributed by atoms with E-state index >= 15 is 0 Å². The zero-order valence-electron chi connectivity index (χ0n) is 16.7. The molecule has 3 amide bonds.